The second-order valence-electron chi connectivity index (χ2n) is 7.32. The highest BCUT2D eigenvalue weighted by Gasteiger charge is 2.43. The first-order valence-corrected chi connectivity index (χ1v) is 9.57. The highest BCUT2D eigenvalue weighted by molar-refractivity contribution is 5.90. The predicted octanol–water partition coefficient (Wildman–Crippen LogP) is 3.93. The van der Waals surface area contributed by atoms with Crippen LogP contribution in [0.4, 0.5) is 0 Å². The lowest BCUT2D eigenvalue weighted by atomic mass is 9.99. The van der Waals surface area contributed by atoms with Gasteiger partial charge in [-0.2, -0.15) is 0 Å². The summed E-state index contributed by atoms with van der Waals surface area (Å²) >= 11 is 0. The number of fused-ring (bicyclic) bond motifs is 1. The molecule has 0 spiro atoms. The molecule has 1 aromatic heterocycles. The Morgan fingerprint density at radius 1 is 0.875 bits per heavy atom. The van der Waals surface area contributed by atoms with Gasteiger partial charge in [-0.05, 0) is 47.5 Å². The summed E-state index contributed by atoms with van der Waals surface area (Å²) in [5.74, 6) is -1.88. The first-order valence-electron chi connectivity index (χ1n) is 9.57. The van der Waals surface area contributed by atoms with E-state index in [-0.39, 0.29) is 40.1 Å². The van der Waals surface area contributed by atoms with E-state index >= 15 is 0 Å². The van der Waals surface area contributed by atoms with Gasteiger partial charge in [0.25, 0.3) is 0 Å². The van der Waals surface area contributed by atoms with Gasteiger partial charge in [0.15, 0.2) is 23.0 Å². The lowest BCUT2D eigenvalue weighted by Gasteiger charge is -2.23. The Balaban J connectivity index is 1.75. The third kappa shape index (κ3) is 3.79. The fourth-order valence-corrected chi connectivity index (χ4v) is 3.36. The molecule has 8 nitrogen and oxygen atoms in total. The van der Waals surface area contributed by atoms with Crippen LogP contribution in [0.5, 0.6) is 28.7 Å². The summed E-state index contributed by atoms with van der Waals surface area (Å²) in [6.07, 6.45) is 4.74. The summed E-state index contributed by atoms with van der Waals surface area (Å²) in [4.78, 5) is 12.8. The van der Waals surface area contributed by atoms with Crippen molar-refractivity contribution in [2.24, 2.45) is 0 Å². The molecule has 1 aliphatic rings. The molecule has 0 bridgehead atoms. The van der Waals surface area contributed by atoms with Crippen molar-refractivity contribution in [3.63, 3.8) is 0 Å². The van der Waals surface area contributed by atoms with Gasteiger partial charge in [0.2, 0.25) is 5.79 Å². The minimum atomic E-state index is -1.28. The van der Waals surface area contributed by atoms with Crippen molar-refractivity contribution in [1.82, 2.24) is 0 Å². The number of hydrogen-bond donors (Lipinski definition) is 4. The molecule has 4 N–H and O–H groups in total. The van der Waals surface area contributed by atoms with Crippen molar-refractivity contribution < 1.29 is 34.3 Å². The molecule has 0 saturated heterocycles. The van der Waals surface area contributed by atoms with Crippen LogP contribution in [-0.4, -0.2) is 33.3 Å². The molecule has 1 atom stereocenters. The van der Waals surface area contributed by atoms with E-state index in [9.17, 15) is 25.2 Å². The zero-order valence-corrected chi connectivity index (χ0v) is 17.2. The minimum absolute atomic E-state index is 0.182. The first-order chi connectivity index (χ1) is 15.2. The number of benzene rings is 2. The number of rotatable bonds is 4. The highest BCUT2D eigenvalue weighted by Crippen LogP contribution is 2.44. The third-order valence-corrected chi connectivity index (χ3v) is 5.14. The largest absolute Gasteiger partial charge is 0.504 e. The van der Waals surface area contributed by atoms with Crippen molar-refractivity contribution in [3.8, 4) is 28.7 Å². The van der Waals surface area contributed by atoms with Crippen LogP contribution >= 0.6 is 0 Å². The summed E-state index contributed by atoms with van der Waals surface area (Å²) in [5, 5.41) is 38.3. The molecule has 0 fully saturated rings. The second-order valence-corrected chi connectivity index (χ2v) is 7.32. The van der Waals surface area contributed by atoms with Crippen LogP contribution in [0, 0.1) is 0 Å². The maximum absolute atomic E-state index is 12.8. The van der Waals surface area contributed by atoms with Crippen LogP contribution in [0.2, 0.25) is 0 Å². The number of hydrogen-bond acceptors (Lipinski definition) is 8. The average Bonchev–Trinajstić information content (AvgIpc) is 3.04. The van der Waals surface area contributed by atoms with Gasteiger partial charge in [-0.15, -0.1) is 0 Å². The molecule has 164 valence electrons. The fraction of sp³-hybridized carbons (Fsp3) is 0.125. The van der Waals surface area contributed by atoms with E-state index < -0.39 is 11.4 Å². The molecule has 2 heterocycles. The average molecular weight is 436 g/mol. The van der Waals surface area contributed by atoms with E-state index in [0.717, 1.165) is 0 Å². The van der Waals surface area contributed by atoms with Gasteiger partial charge >= 0.3 is 5.63 Å². The van der Waals surface area contributed by atoms with E-state index in [4.69, 9.17) is 13.9 Å². The maximum atomic E-state index is 12.8. The number of ether oxygens (including phenoxy) is 2. The monoisotopic (exact) mass is 436 g/mol. The van der Waals surface area contributed by atoms with Gasteiger partial charge in [-0.25, -0.2) is 4.79 Å². The van der Waals surface area contributed by atoms with Gasteiger partial charge in [0, 0.05) is 25.7 Å². The van der Waals surface area contributed by atoms with Crippen LogP contribution in [0.25, 0.3) is 23.8 Å². The predicted molar refractivity (Wildman–Crippen MR) is 117 cm³/mol. The Bertz CT molecular complexity index is 1320. The van der Waals surface area contributed by atoms with E-state index in [1.54, 1.807) is 37.3 Å². The molecule has 1 aliphatic heterocycles. The Morgan fingerprint density at radius 2 is 1.50 bits per heavy atom. The summed E-state index contributed by atoms with van der Waals surface area (Å²) in [6, 6.07) is 10.1. The van der Waals surface area contributed by atoms with Crippen LogP contribution < -0.4 is 10.4 Å². The van der Waals surface area contributed by atoms with E-state index in [2.05, 4.69) is 0 Å². The summed E-state index contributed by atoms with van der Waals surface area (Å²) in [7, 11) is 1.44. The van der Waals surface area contributed by atoms with Crippen LogP contribution in [-0.2, 0) is 4.74 Å². The molecule has 32 heavy (non-hydrogen) atoms. The fourth-order valence-electron chi connectivity index (χ4n) is 3.36. The minimum Gasteiger partial charge on any atom is -0.504 e. The third-order valence-electron chi connectivity index (χ3n) is 5.14. The Labute approximate surface area is 182 Å². The molecule has 3 aromatic rings. The second kappa shape index (κ2) is 7.82. The van der Waals surface area contributed by atoms with E-state index in [1.807, 2.05) is 0 Å². The first kappa shape index (κ1) is 21.1. The SMILES string of the molecule is COC1(C)Oc2cc(/C=C/c3ccc(O)c(O)c3)oc(=O)c2/C1=C/c1ccc(O)c(O)c1. The summed E-state index contributed by atoms with van der Waals surface area (Å²) < 4.78 is 16.9. The van der Waals surface area contributed by atoms with Crippen molar-refractivity contribution in [3.05, 3.63) is 75.3 Å². The molecule has 0 radical (unpaired) electrons. The zero-order chi connectivity index (χ0) is 23.0. The molecule has 0 saturated carbocycles. The lowest BCUT2D eigenvalue weighted by Crippen LogP contribution is -2.31. The molecule has 1 unspecified atom stereocenters. The topological polar surface area (TPSA) is 130 Å². The molecule has 8 heteroatoms. The zero-order valence-electron chi connectivity index (χ0n) is 17.2. The van der Waals surface area contributed by atoms with Crippen LogP contribution in [0.15, 0.2) is 51.7 Å². The molecular formula is C24H20O8. The molecule has 4 rings (SSSR count). The van der Waals surface area contributed by atoms with Crippen molar-refractivity contribution >= 4 is 23.8 Å². The van der Waals surface area contributed by atoms with E-state index in [1.165, 1.54) is 37.5 Å². The number of methoxy groups -OCH3 is 1. The molecule has 2 aromatic carbocycles. The van der Waals surface area contributed by atoms with Gasteiger partial charge in [0.05, 0.1) is 0 Å². The Hall–Kier alpha value is -4.17. The van der Waals surface area contributed by atoms with Gasteiger partial charge < -0.3 is 34.3 Å². The van der Waals surface area contributed by atoms with Crippen LogP contribution in [0.3, 0.4) is 0 Å². The normalized spacial score (nSPS) is 18.8. The summed E-state index contributed by atoms with van der Waals surface area (Å²) in [5.41, 5.74) is 1.03. The molecular weight excluding hydrogens is 416 g/mol. The molecule has 0 amide bonds. The summed E-state index contributed by atoms with van der Waals surface area (Å²) in [6.45, 7) is 1.65. The van der Waals surface area contributed by atoms with E-state index in [0.29, 0.717) is 16.7 Å². The van der Waals surface area contributed by atoms with Crippen molar-refractivity contribution in [2.45, 2.75) is 12.7 Å². The maximum Gasteiger partial charge on any atom is 0.347 e. The van der Waals surface area contributed by atoms with Gasteiger partial charge in [0.1, 0.15) is 17.1 Å². The Kier molecular flexibility index (Phi) is 5.15. The number of phenols is 4. The Morgan fingerprint density at radius 3 is 2.12 bits per heavy atom. The smallest absolute Gasteiger partial charge is 0.347 e. The van der Waals surface area contributed by atoms with Crippen molar-refractivity contribution in [2.75, 3.05) is 7.11 Å². The molecule has 0 aliphatic carbocycles. The highest BCUT2D eigenvalue weighted by atomic mass is 16.7. The standard InChI is InChI=1S/C24H20O8/c1-24(30-2)16(9-14-5-8-18(26)20(28)11-14)22-21(32-24)12-15(31-23(22)29)6-3-13-4-7-17(25)19(27)10-13/h3-12,25-28H,1-2H3/b6-3+,16-9-. The van der Waals surface area contributed by atoms with Gasteiger partial charge in [-0.3, -0.25) is 0 Å². The quantitative estimate of drug-likeness (QED) is 0.453. The lowest BCUT2D eigenvalue weighted by molar-refractivity contribution is -0.0912. The van der Waals surface area contributed by atoms with Crippen molar-refractivity contribution in [1.29, 1.82) is 0 Å². The van der Waals surface area contributed by atoms with Crippen LogP contribution in [0.1, 0.15) is 29.4 Å². The number of aromatic hydroxyl groups is 4. The van der Waals surface area contributed by atoms with Gasteiger partial charge in [-0.1, -0.05) is 18.2 Å². The number of phenolic OH excluding ortho intramolecular Hbond substituents is 4.